The summed E-state index contributed by atoms with van der Waals surface area (Å²) >= 11 is 0. The normalized spacial score (nSPS) is 10.4. The van der Waals surface area contributed by atoms with Crippen LogP contribution in [0.5, 0.6) is 0 Å². The summed E-state index contributed by atoms with van der Waals surface area (Å²) in [6, 6.07) is 16.0. The minimum atomic E-state index is -0.979. The van der Waals surface area contributed by atoms with Gasteiger partial charge in [0.1, 0.15) is 11.0 Å². The molecule has 28 heavy (non-hydrogen) atoms. The Morgan fingerprint density at radius 2 is 1.75 bits per heavy atom. The molecule has 0 atom stereocenters. The molecule has 2 heterocycles. The number of carbonyl (C=O) groups is 1. The topological polar surface area (TPSA) is 108 Å². The van der Waals surface area contributed by atoms with Crippen LogP contribution in [0.25, 0.3) is 27.8 Å². The van der Waals surface area contributed by atoms with Crippen molar-refractivity contribution in [2.45, 2.75) is 6.92 Å². The predicted molar refractivity (Wildman–Crippen MR) is 107 cm³/mol. The number of aromatic amines is 1. The minimum absolute atomic E-state index is 0.210. The number of hydrogen-bond donors (Lipinski definition) is 3. The van der Waals surface area contributed by atoms with Gasteiger partial charge in [-0.2, -0.15) is 0 Å². The largest absolute Gasteiger partial charge is 0.478 e. The summed E-state index contributed by atoms with van der Waals surface area (Å²) in [5.41, 5.74) is 3.40. The molecule has 7 heteroatoms. The predicted octanol–water partition coefficient (Wildman–Crippen LogP) is 3.08. The van der Waals surface area contributed by atoms with E-state index < -0.39 is 5.97 Å². The molecule has 4 aromatic rings. The Hall–Kier alpha value is -3.71. The molecule has 0 amide bonds. The molecule has 0 saturated heterocycles. The van der Waals surface area contributed by atoms with Crippen molar-refractivity contribution in [2.24, 2.45) is 0 Å². The van der Waals surface area contributed by atoms with Gasteiger partial charge in [0.2, 0.25) is 0 Å². The third-order valence-corrected chi connectivity index (χ3v) is 4.06. The first kappa shape index (κ1) is 19.1. The van der Waals surface area contributed by atoms with Gasteiger partial charge in [0.15, 0.2) is 0 Å². The van der Waals surface area contributed by atoms with E-state index in [-0.39, 0.29) is 17.7 Å². The van der Waals surface area contributed by atoms with E-state index in [1.54, 1.807) is 23.6 Å². The van der Waals surface area contributed by atoms with E-state index >= 15 is 0 Å². The fourth-order valence-electron chi connectivity index (χ4n) is 2.86. The van der Waals surface area contributed by atoms with E-state index in [1.165, 1.54) is 18.5 Å². The van der Waals surface area contributed by atoms with Gasteiger partial charge in [-0.25, -0.2) is 9.78 Å². The van der Waals surface area contributed by atoms with E-state index in [0.717, 1.165) is 16.8 Å². The zero-order valence-corrected chi connectivity index (χ0v) is 15.2. The number of H-pyrrole nitrogens is 1. The number of fused-ring (bicyclic) bond motifs is 1. The quantitative estimate of drug-likeness (QED) is 0.508. The van der Waals surface area contributed by atoms with Crippen molar-refractivity contribution in [1.82, 2.24) is 14.5 Å². The van der Waals surface area contributed by atoms with Crippen LogP contribution in [-0.4, -0.2) is 37.3 Å². The van der Waals surface area contributed by atoms with E-state index in [1.807, 2.05) is 36.5 Å². The Kier molecular flexibility index (Phi) is 5.67. The van der Waals surface area contributed by atoms with Crippen molar-refractivity contribution < 1.29 is 15.0 Å². The Morgan fingerprint density at radius 3 is 2.36 bits per heavy atom. The van der Waals surface area contributed by atoms with Crippen LogP contribution >= 0.6 is 0 Å². The summed E-state index contributed by atoms with van der Waals surface area (Å²) in [6.07, 6.45) is 3.22. The highest BCUT2D eigenvalue weighted by molar-refractivity contribution is 5.94. The molecular weight excluding hydrogens is 358 g/mol. The molecular formula is C21H19N3O4. The summed E-state index contributed by atoms with van der Waals surface area (Å²) in [4.78, 5) is 30.3. The maximum absolute atomic E-state index is 12.4. The van der Waals surface area contributed by atoms with Gasteiger partial charge >= 0.3 is 5.97 Å². The Morgan fingerprint density at radius 1 is 1.11 bits per heavy atom. The highest BCUT2D eigenvalue weighted by Crippen LogP contribution is 2.29. The van der Waals surface area contributed by atoms with Gasteiger partial charge in [0.25, 0.3) is 5.56 Å². The molecule has 0 radical (unpaired) electrons. The molecule has 0 fully saturated rings. The maximum atomic E-state index is 12.4. The van der Waals surface area contributed by atoms with Gasteiger partial charge in [-0.3, -0.25) is 4.79 Å². The molecule has 0 aliphatic rings. The Bertz CT molecular complexity index is 1150. The highest BCUT2D eigenvalue weighted by atomic mass is 16.4. The first-order chi connectivity index (χ1) is 13.6. The maximum Gasteiger partial charge on any atom is 0.335 e. The average molecular weight is 377 g/mol. The summed E-state index contributed by atoms with van der Waals surface area (Å²) in [6.45, 7) is 1.93. The molecule has 7 nitrogen and oxygen atoms in total. The number of nitrogens with one attached hydrogen (secondary N) is 1. The number of aliphatic hydroxyl groups excluding tert-OH is 1. The summed E-state index contributed by atoms with van der Waals surface area (Å²) in [7, 11) is 0. The lowest BCUT2D eigenvalue weighted by atomic mass is 10.1. The van der Waals surface area contributed by atoms with Crippen LogP contribution in [-0.2, 0) is 0 Å². The lowest BCUT2D eigenvalue weighted by Gasteiger charge is -2.03. The molecule has 0 bridgehead atoms. The van der Waals surface area contributed by atoms with Crippen LogP contribution in [0, 0.1) is 0 Å². The SMILES string of the molecule is CCO.O=C(O)c1ccc(-c2cn(-c3ccccc3)c3c(=O)[nH]cnc23)cc1. The molecule has 0 saturated carbocycles. The number of hydrogen-bond acceptors (Lipinski definition) is 4. The second-order valence-corrected chi connectivity index (χ2v) is 5.88. The van der Waals surface area contributed by atoms with E-state index in [2.05, 4.69) is 9.97 Å². The number of benzene rings is 2. The lowest BCUT2D eigenvalue weighted by molar-refractivity contribution is 0.0697. The van der Waals surface area contributed by atoms with E-state index in [4.69, 9.17) is 10.2 Å². The third-order valence-electron chi connectivity index (χ3n) is 4.06. The van der Waals surface area contributed by atoms with Gasteiger partial charge in [-0.05, 0) is 36.8 Å². The van der Waals surface area contributed by atoms with Crippen LogP contribution in [0.1, 0.15) is 17.3 Å². The first-order valence-electron chi connectivity index (χ1n) is 8.65. The van der Waals surface area contributed by atoms with Crippen molar-refractivity contribution >= 4 is 17.0 Å². The smallest absolute Gasteiger partial charge is 0.335 e. The molecule has 0 spiro atoms. The summed E-state index contributed by atoms with van der Waals surface area (Å²) < 4.78 is 1.79. The van der Waals surface area contributed by atoms with Gasteiger partial charge in [-0.1, -0.05) is 30.3 Å². The fraction of sp³-hybridized carbons (Fsp3) is 0.0952. The van der Waals surface area contributed by atoms with Crippen molar-refractivity contribution in [3.63, 3.8) is 0 Å². The number of aromatic carboxylic acids is 1. The Labute approximate surface area is 160 Å². The average Bonchev–Trinajstić information content (AvgIpc) is 3.10. The van der Waals surface area contributed by atoms with Gasteiger partial charge < -0.3 is 19.8 Å². The second kappa shape index (κ2) is 8.32. The molecule has 3 N–H and O–H groups in total. The number of rotatable bonds is 3. The standard InChI is InChI=1S/C19H13N3O3.C2H6O/c23-18-17-16(20-11-21-18)15(10-22(17)14-4-2-1-3-5-14)12-6-8-13(9-7-12)19(24)25;1-2-3/h1-11H,(H,24,25)(H,20,21,23);3H,2H2,1H3. The zero-order valence-electron chi connectivity index (χ0n) is 15.2. The fourth-order valence-corrected chi connectivity index (χ4v) is 2.86. The van der Waals surface area contributed by atoms with E-state index in [0.29, 0.717) is 11.0 Å². The summed E-state index contributed by atoms with van der Waals surface area (Å²) in [5.74, 6) is -0.979. The van der Waals surface area contributed by atoms with Crippen molar-refractivity contribution in [3.05, 3.63) is 83.0 Å². The van der Waals surface area contributed by atoms with E-state index in [9.17, 15) is 9.59 Å². The Balaban J connectivity index is 0.000000706. The molecule has 4 rings (SSSR count). The molecule has 2 aromatic heterocycles. The number of carboxylic acids is 1. The molecule has 0 aliphatic heterocycles. The highest BCUT2D eigenvalue weighted by Gasteiger charge is 2.16. The number of carboxylic acid groups (broad SMARTS) is 1. The van der Waals surface area contributed by atoms with Crippen LogP contribution in [0.3, 0.4) is 0 Å². The van der Waals surface area contributed by atoms with Crippen molar-refractivity contribution in [2.75, 3.05) is 6.61 Å². The molecule has 0 aliphatic carbocycles. The summed E-state index contributed by atoms with van der Waals surface area (Å²) in [5, 5.41) is 16.6. The monoisotopic (exact) mass is 377 g/mol. The number of para-hydroxylation sites is 1. The van der Waals surface area contributed by atoms with Crippen LogP contribution in [0.15, 0.2) is 71.9 Å². The minimum Gasteiger partial charge on any atom is -0.478 e. The van der Waals surface area contributed by atoms with Crippen molar-refractivity contribution in [3.8, 4) is 16.8 Å². The third kappa shape index (κ3) is 3.70. The lowest BCUT2D eigenvalue weighted by Crippen LogP contribution is -2.09. The van der Waals surface area contributed by atoms with Gasteiger partial charge in [0, 0.05) is 24.1 Å². The number of aromatic nitrogens is 3. The second-order valence-electron chi connectivity index (χ2n) is 5.88. The van der Waals surface area contributed by atoms with Gasteiger partial charge in [-0.15, -0.1) is 0 Å². The molecule has 0 unspecified atom stereocenters. The molecule has 142 valence electrons. The van der Waals surface area contributed by atoms with Crippen molar-refractivity contribution in [1.29, 1.82) is 0 Å². The van der Waals surface area contributed by atoms with Crippen LogP contribution < -0.4 is 5.56 Å². The zero-order chi connectivity index (χ0) is 20.1. The number of nitrogens with zero attached hydrogens (tertiary/aromatic N) is 2. The van der Waals surface area contributed by atoms with Crippen LogP contribution in [0.4, 0.5) is 0 Å². The van der Waals surface area contributed by atoms with Crippen LogP contribution in [0.2, 0.25) is 0 Å². The first-order valence-corrected chi connectivity index (χ1v) is 8.65. The van der Waals surface area contributed by atoms with Gasteiger partial charge in [0.05, 0.1) is 11.9 Å². The number of aliphatic hydroxyl groups is 1. The molecule has 2 aromatic carbocycles.